The maximum Gasteiger partial charge on any atom is 0.240 e. The third-order valence-corrected chi connectivity index (χ3v) is 1.47. The lowest BCUT2D eigenvalue weighted by molar-refractivity contribution is 0.309. The van der Waals surface area contributed by atoms with Crippen molar-refractivity contribution >= 4 is 0 Å². The second-order valence-electron chi connectivity index (χ2n) is 2.30. The van der Waals surface area contributed by atoms with Gasteiger partial charge in [0.25, 0.3) is 0 Å². The van der Waals surface area contributed by atoms with Crippen molar-refractivity contribution in [3.05, 3.63) is 11.9 Å². The molecule has 0 atom stereocenters. The van der Waals surface area contributed by atoms with Crippen LogP contribution in [0.25, 0.3) is 0 Å². The van der Waals surface area contributed by atoms with Crippen LogP contribution in [0.1, 0.15) is 12.6 Å². The van der Waals surface area contributed by atoms with Gasteiger partial charge in [-0.3, -0.25) is 0 Å². The van der Waals surface area contributed by atoms with Gasteiger partial charge in [-0.05, 0) is 6.92 Å². The molecule has 0 saturated carbocycles. The average Bonchev–Trinajstić information content (AvgIpc) is 2.18. The fourth-order valence-corrected chi connectivity index (χ4v) is 0.872. The van der Waals surface area contributed by atoms with Crippen LogP contribution >= 0.6 is 0 Å². The molecule has 0 amide bonds. The molecule has 5 heteroatoms. The molecule has 0 aliphatic rings. The Morgan fingerprint density at radius 1 is 1.54 bits per heavy atom. The summed E-state index contributed by atoms with van der Waals surface area (Å²) in [6.45, 7) is 2.72. The van der Waals surface area contributed by atoms with E-state index < -0.39 is 0 Å². The van der Waals surface area contributed by atoms with E-state index in [1.807, 2.05) is 6.92 Å². The lowest BCUT2D eigenvalue weighted by Crippen LogP contribution is -2.07. The van der Waals surface area contributed by atoms with E-state index in [9.17, 15) is 0 Å². The van der Waals surface area contributed by atoms with Crippen LogP contribution in [0.5, 0.6) is 11.8 Å². The van der Waals surface area contributed by atoms with E-state index in [-0.39, 0.29) is 0 Å². The maximum absolute atomic E-state index is 5.45. The molecule has 1 aromatic heterocycles. The van der Waals surface area contributed by atoms with Crippen LogP contribution in [0.15, 0.2) is 6.20 Å². The summed E-state index contributed by atoms with van der Waals surface area (Å²) in [5, 5.41) is 0. The highest BCUT2D eigenvalue weighted by Crippen LogP contribution is 2.16. The molecule has 5 nitrogen and oxygen atoms in total. The number of nitrogens with two attached hydrogens (primary N) is 1. The van der Waals surface area contributed by atoms with Crippen LogP contribution < -0.4 is 15.2 Å². The second-order valence-corrected chi connectivity index (χ2v) is 2.30. The van der Waals surface area contributed by atoms with Crippen LogP contribution in [-0.4, -0.2) is 23.7 Å². The van der Waals surface area contributed by atoms with E-state index in [2.05, 4.69) is 9.97 Å². The predicted molar refractivity (Wildman–Crippen MR) is 47.6 cm³/mol. The summed E-state index contributed by atoms with van der Waals surface area (Å²) in [7, 11) is 1.53. The van der Waals surface area contributed by atoms with Gasteiger partial charge in [0.05, 0.1) is 19.9 Å². The van der Waals surface area contributed by atoms with Gasteiger partial charge >= 0.3 is 0 Å². The van der Waals surface area contributed by atoms with Crippen LogP contribution in [-0.2, 0) is 6.54 Å². The van der Waals surface area contributed by atoms with Gasteiger partial charge < -0.3 is 15.2 Å². The van der Waals surface area contributed by atoms with E-state index in [1.54, 1.807) is 0 Å². The van der Waals surface area contributed by atoms with E-state index in [0.717, 1.165) is 0 Å². The number of hydrogen-bond donors (Lipinski definition) is 1. The van der Waals surface area contributed by atoms with Gasteiger partial charge in [-0.15, -0.1) is 0 Å². The number of ether oxygens (including phenoxy) is 2. The molecule has 1 rings (SSSR count). The van der Waals surface area contributed by atoms with Gasteiger partial charge in [0.2, 0.25) is 11.8 Å². The van der Waals surface area contributed by atoms with Crippen molar-refractivity contribution in [1.82, 2.24) is 9.97 Å². The number of nitrogens with zero attached hydrogens (tertiary/aromatic N) is 2. The fourth-order valence-electron chi connectivity index (χ4n) is 0.872. The van der Waals surface area contributed by atoms with Gasteiger partial charge in [0.15, 0.2) is 0 Å². The van der Waals surface area contributed by atoms with Crippen LogP contribution in [0.3, 0.4) is 0 Å². The average molecular weight is 183 g/mol. The first-order valence-corrected chi connectivity index (χ1v) is 4.04. The smallest absolute Gasteiger partial charge is 0.240 e. The van der Waals surface area contributed by atoms with Gasteiger partial charge in [-0.1, -0.05) is 0 Å². The first kappa shape index (κ1) is 9.73. The van der Waals surface area contributed by atoms with Gasteiger partial charge in [0, 0.05) is 6.54 Å². The van der Waals surface area contributed by atoms with Gasteiger partial charge in [-0.2, -0.15) is 4.98 Å². The third kappa shape index (κ3) is 2.29. The maximum atomic E-state index is 5.45. The Morgan fingerprint density at radius 3 is 2.85 bits per heavy atom. The van der Waals surface area contributed by atoms with E-state index >= 15 is 0 Å². The monoisotopic (exact) mass is 183 g/mol. The highest BCUT2D eigenvalue weighted by molar-refractivity contribution is 5.22. The van der Waals surface area contributed by atoms with E-state index in [4.69, 9.17) is 15.2 Å². The van der Waals surface area contributed by atoms with Crippen molar-refractivity contribution < 1.29 is 9.47 Å². The van der Waals surface area contributed by atoms with E-state index in [0.29, 0.717) is 30.6 Å². The molecule has 0 aromatic carbocycles. The zero-order chi connectivity index (χ0) is 9.68. The number of methoxy groups -OCH3 is 1. The molecule has 1 heterocycles. The summed E-state index contributed by atoms with van der Waals surface area (Å²) in [5.74, 6) is 0.880. The Bertz CT molecular complexity index is 278. The number of rotatable bonds is 4. The Morgan fingerprint density at radius 2 is 2.31 bits per heavy atom. The molecule has 0 unspecified atom stereocenters. The van der Waals surface area contributed by atoms with E-state index in [1.165, 1.54) is 13.3 Å². The molecule has 0 aliphatic heterocycles. The Labute approximate surface area is 76.9 Å². The van der Waals surface area contributed by atoms with Crippen LogP contribution in [0, 0.1) is 0 Å². The van der Waals surface area contributed by atoms with Crippen molar-refractivity contribution in [1.29, 1.82) is 0 Å². The molecular weight excluding hydrogens is 170 g/mol. The Balaban J connectivity index is 2.95. The zero-order valence-corrected chi connectivity index (χ0v) is 7.78. The minimum absolute atomic E-state index is 0.312. The summed E-state index contributed by atoms with van der Waals surface area (Å²) in [6.07, 6.45) is 1.52. The zero-order valence-electron chi connectivity index (χ0n) is 7.78. The minimum Gasteiger partial charge on any atom is -0.480 e. The highest BCUT2D eigenvalue weighted by atomic mass is 16.5. The third-order valence-electron chi connectivity index (χ3n) is 1.47. The van der Waals surface area contributed by atoms with Crippen molar-refractivity contribution in [2.45, 2.75) is 13.5 Å². The molecule has 0 fully saturated rings. The lowest BCUT2D eigenvalue weighted by Gasteiger charge is -2.07. The van der Waals surface area contributed by atoms with Crippen molar-refractivity contribution in [3.8, 4) is 11.8 Å². The normalized spacial score (nSPS) is 9.77. The molecule has 13 heavy (non-hydrogen) atoms. The summed E-state index contributed by atoms with van der Waals surface area (Å²) in [5.41, 5.74) is 6.09. The van der Waals surface area contributed by atoms with Gasteiger partial charge in [-0.25, -0.2) is 4.98 Å². The standard InChI is InChI=1S/C8H13N3O2/c1-3-13-8-6(4-9)10-5-7(11-8)12-2/h5H,3-4,9H2,1-2H3. The Kier molecular flexibility index (Phi) is 3.45. The summed E-state index contributed by atoms with van der Waals surface area (Å²) in [4.78, 5) is 8.11. The molecule has 0 radical (unpaired) electrons. The van der Waals surface area contributed by atoms with Crippen LogP contribution in [0.4, 0.5) is 0 Å². The van der Waals surface area contributed by atoms with Gasteiger partial charge in [0.1, 0.15) is 5.69 Å². The fraction of sp³-hybridized carbons (Fsp3) is 0.500. The SMILES string of the molecule is CCOc1nc(OC)cnc1CN. The molecule has 0 spiro atoms. The molecule has 2 N–H and O–H groups in total. The highest BCUT2D eigenvalue weighted by Gasteiger charge is 2.06. The summed E-state index contributed by atoms with van der Waals surface area (Å²) < 4.78 is 10.1. The molecule has 0 aliphatic carbocycles. The molecular formula is C8H13N3O2. The molecule has 0 saturated heterocycles. The Hall–Kier alpha value is -1.36. The minimum atomic E-state index is 0.312. The molecule has 1 aromatic rings. The first-order chi connectivity index (χ1) is 6.31. The largest absolute Gasteiger partial charge is 0.480 e. The lowest BCUT2D eigenvalue weighted by atomic mass is 10.4. The molecule has 0 bridgehead atoms. The number of aromatic nitrogens is 2. The quantitative estimate of drug-likeness (QED) is 0.729. The topological polar surface area (TPSA) is 70.3 Å². The van der Waals surface area contributed by atoms with Crippen LogP contribution in [0.2, 0.25) is 0 Å². The van der Waals surface area contributed by atoms with Crippen molar-refractivity contribution in [3.63, 3.8) is 0 Å². The summed E-state index contributed by atoms with van der Waals surface area (Å²) in [6, 6.07) is 0. The first-order valence-electron chi connectivity index (χ1n) is 4.04. The second kappa shape index (κ2) is 4.61. The number of hydrogen-bond acceptors (Lipinski definition) is 5. The van der Waals surface area contributed by atoms with Crippen molar-refractivity contribution in [2.75, 3.05) is 13.7 Å². The molecule has 72 valence electrons. The van der Waals surface area contributed by atoms with Crippen molar-refractivity contribution in [2.24, 2.45) is 5.73 Å². The predicted octanol–water partition coefficient (Wildman–Crippen LogP) is 0.343. The summed E-state index contributed by atoms with van der Waals surface area (Å²) >= 11 is 0.